The molecule has 160 valence electrons. The van der Waals surface area contributed by atoms with Crippen molar-refractivity contribution >= 4 is 5.91 Å². The fourth-order valence-corrected chi connectivity index (χ4v) is 3.35. The van der Waals surface area contributed by atoms with E-state index in [0.717, 1.165) is 11.0 Å². The lowest BCUT2D eigenvalue weighted by Gasteiger charge is -2.38. The largest absolute Gasteiger partial charge is 0.416 e. The van der Waals surface area contributed by atoms with E-state index in [9.17, 15) is 39.9 Å². The van der Waals surface area contributed by atoms with E-state index in [-0.39, 0.29) is 18.2 Å². The number of rotatable bonds is 3. The van der Waals surface area contributed by atoms with Gasteiger partial charge in [-0.3, -0.25) is 4.79 Å². The minimum absolute atomic E-state index is 0.0810. The highest BCUT2D eigenvalue weighted by molar-refractivity contribution is 5.88. The number of alkyl halides is 8. The first-order valence-electron chi connectivity index (χ1n) is 8.63. The maximum Gasteiger partial charge on any atom is 0.416 e. The molecule has 2 saturated heterocycles. The SMILES string of the molecule is O=C(C=CN1CCC(c2cc(C(F)(F)F)cc(C(F)(F)F)c2)C1)N1CC(F)(F)C1. The molecule has 0 bridgehead atoms. The van der Waals surface area contributed by atoms with Crippen molar-refractivity contribution in [2.45, 2.75) is 30.6 Å². The molecular weight excluding hydrogens is 412 g/mol. The minimum Gasteiger partial charge on any atom is -0.377 e. The second-order valence-electron chi connectivity index (χ2n) is 7.19. The molecule has 29 heavy (non-hydrogen) atoms. The van der Waals surface area contributed by atoms with Crippen LogP contribution >= 0.6 is 0 Å². The van der Waals surface area contributed by atoms with Crippen LogP contribution in [-0.2, 0) is 17.1 Å². The topological polar surface area (TPSA) is 23.6 Å². The van der Waals surface area contributed by atoms with Gasteiger partial charge < -0.3 is 9.80 Å². The highest BCUT2D eigenvalue weighted by Crippen LogP contribution is 2.39. The molecule has 0 saturated carbocycles. The van der Waals surface area contributed by atoms with Crippen LogP contribution in [0.5, 0.6) is 0 Å². The first-order chi connectivity index (χ1) is 13.2. The van der Waals surface area contributed by atoms with Crippen LogP contribution in [0.15, 0.2) is 30.5 Å². The lowest BCUT2D eigenvalue weighted by Crippen LogP contribution is -2.58. The smallest absolute Gasteiger partial charge is 0.377 e. The number of halogens is 8. The molecule has 2 aliphatic heterocycles. The van der Waals surface area contributed by atoms with Crippen molar-refractivity contribution in [1.29, 1.82) is 0 Å². The van der Waals surface area contributed by atoms with Crippen LogP contribution in [0.25, 0.3) is 0 Å². The van der Waals surface area contributed by atoms with Gasteiger partial charge in [-0.2, -0.15) is 26.3 Å². The Morgan fingerprint density at radius 1 is 1.00 bits per heavy atom. The molecule has 2 aliphatic rings. The zero-order valence-electron chi connectivity index (χ0n) is 14.8. The number of carbonyl (C=O) groups is 1. The summed E-state index contributed by atoms with van der Waals surface area (Å²) >= 11 is 0. The average Bonchev–Trinajstić information content (AvgIpc) is 3.04. The van der Waals surface area contributed by atoms with Crippen LogP contribution in [-0.4, -0.2) is 47.8 Å². The van der Waals surface area contributed by atoms with Crippen molar-refractivity contribution in [2.24, 2.45) is 0 Å². The maximum atomic E-state index is 13.0. The Morgan fingerprint density at radius 3 is 2.03 bits per heavy atom. The number of hydrogen-bond acceptors (Lipinski definition) is 2. The molecule has 1 atom stereocenters. The van der Waals surface area contributed by atoms with Crippen molar-refractivity contribution in [1.82, 2.24) is 9.80 Å². The fraction of sp³-hybridized carbons (Fsp3) is 0.500. The van der Waals surface area contributed by atoms with Gasteiger partial charge in [0.05, 0.1) is 24.2 Å². The van der Waals surface area contributed by atoms with Crippen molar-refractivity contribution < 1.29 is 39.9 Å². The molecule has 2 heterocycles. The van der Waals surface area contributed by atoms with Gasteiger partial charge >= 0.3 is 12.4 Å². The van der Waals surface area contributed by atoms with E-state index >= 15 is 0 Å². The van der Waals surface area contributed by atoms with E-state index in [2.05, 4.69) is 0 Å². The summed E-state index contributed by atoms with van der Waals surface area (Å²) in [5.41, 5.74) is -2.83. The minimum atomic E-state index is -4.92. The quantitative estimate of drug-likeness (QED) is 0.523. The summed E-state index contributed by atoms with van der Waals surface area (Å²) in [6, 6.07) is 1.50. The van der Waals surface area contributed by atoms with Crippen molar-refractivity contribution in [2.75, 3.05) is 26.2 Å². The highest BCUT2D eigenvalue weighted by atomic mass is 19.4. The van der Waals surface area contributed by atoms with E-state index in [1.54, 1.807) is 4.90 Å². The molecule has 3 rings (SSSR count). The van der Waals surface area contributed by atoms with Gasteiger partial charge in [0.1, 0.15) is 0 Å². The van der Waals surface area contributed by atoms with E-state index in [0.29, 0.717) is 25.1 Å². The lowest BCUT2D eigenvalue weighted by molar-refractivity contribution is -0.160. The summed E-state index contributed by atoms with van der Waals surface area (Å²) in [6.07, 6.45) is -7.14. The van der Waals surface area contributed by atoms with Gasteiger partial charge in [-0.25, -0.2) is 8.78 Å². The van der Waals surface area contributed by atoms with Crippen LogP contribution < -0.4 is 0 Å². The monoisotopic (exact) mass is 428 g/mol. The van der Waals surface area contributed by atoms with Gasteiger partial charge in [-0.15, -0.1) is 0 Å². The lowest BCUT2D eigenvalue weighted by atomic mass is 9.94. The van der Waals surface area contributed by atoms with Gasteiger partial charge in [0, 0.05) is 31.3 Å². The molecule has 1 amide bonds. The summed E-state index contributed by atoms with van der Waals surface area (Å²) in [4.78, 5) is 14.3. The van der Waals surface area contributed by atoms with Crippen LogP contribution in [0.1, 0.15) is 29.0 Å². The number of likely N-dealkylation sites (tertiary alicyclic amines) is 2. The second-order valence-corrected chi connectivity index (χ2v) is 7.19. The normalized spacial score (nSPS) is 22.3. The second kappa shape index (κ2) is 7.17. The van der Waals surface area contributed by atoms with Crippen LogP contribution in [0, 0.1) is 0 Å². The zero-order valence-corrected chi connectivity index (χ0v) is 14.8. The third-order valence-corrected chi connectivity index (χ3v) is 4.89. The Bertz CT molecular complexity index is 775. The number of carbonyl (C=O) groups excluding carboxylic acids is 1. The van der Waals surface area contributed by atoms with Gasteiger partial charge in [0.25, 0.3) is 5.92 Å². The molecule has 3 nitrogen and oxygen atoms in total. The van der Waals surface area contributed by atoms with Crippen molar-refractivity contribution in [3.63, 3.8) is 0 Å². The molecule has 0 radical (unpaired) electrons. The predicted molar refractivity (Wildman–Crippen MR) is 86.0 cm³/mol. The molecule has 0 aliphatic carbocycles. The Kier molecular flexibility index (Phi) is 5.29. The Morgan fingerprint density at radius 2 is 1.55 bits per heavy atom. The standard InChI is InChI=1S/C18H16F8N2O/c19-16(20)9-28(10-16)15(29)2-4-27-3-1-11(8-27)12-5-13(17(21,22)23)7-14(6-12)18(24,25)26/h2,4-7,11H,1,3,8-10H2. The zero-order chi connectivity index (χ0) is 21.6. The maximum absolute atomic E-state index is 13.0. The molecular formula is C18H16F8N2O. The van der Waals surface area contributed by atoms with Crippen LogP contribution in [0.3, 0.4) is 0 Å². The first kappa shape index (κ1) is 21.4. The summed E-state index contributed by atoms with van der Waals surface area (Å²) < 4.78 is 104. The first-order valence-corrected chi connectivity index (χ1v) is 8.63. The summed E-state index contributed by atoms with van der Waals surface area (Å²) in [7, 11) is 0. The van der Waals surface area contributed by atoms with Gasteiger partial charge in [-0.1, -0.05) is 0 Å². The molecule has 1 unspecified atom stereocenters. The van der Waals surface area contributed by atoms with Crippen LogP contribution in [0.4, 0.5) is 35.1 Å². The van der Waals surface area contributed by atoms with Crippen molar-refractivity contribution in [3.05, 3.63) is 47.2 Å². The molecule has 0 spiro atoms. The van der Waals surface area contributed by atoms with E-state index in [1.807, 2.05) is 0 Å². The Balaban J connectivity index is 1.71. The Labute approximate surface area is 160 Å². The van der Waals surface area contributed by atoms with E-state index in [1.165, 1.54) is 6.20 Å². The molecule has 0 N–H and O–H groups in total. The fourth-order valence-electron chi connectivity index (χ4n) is 3.35. The third kappa shape index (κ3) is 4.99. The molecule has 2 fully saturated rings. The van der Waals surface area contributed by atoms with E-state index < -0.39 is 54.3 Å². The molecule has 1 aromatic rings. The Hall–Kier alpha value is -2.33. The van der Waals surface area contributed by atoms with Crippen LogP contribution in [0.2, 0.25) is 0 Å². The molecule has 1 aromatic carbocycles. The number of nitrogens with zero attached hydrogens (tertiary/aromatic N) is 2. The third-order valence-electron chi connectivity index (χ3n) is 4.89. The highest BCUT2D eigenvalue weighted by Gasteiger charge is 2.45. The predicted octanol–water partition coefficient (Wildman–Crippen LogP) is 4.50. The van der Waals surface area contributed by atoms with Gasteiger partial charge in [-0.05, 0) is 30.2 Å². The number of hydrogen-bond donors (Lipinski definition) is 0. The molecule has 0 aromatic heterocycles. The van der Waals surface area contributed by atoms with E-state index in [4.69, 9.17) is 0 Å². The summed E-state index contributed by atoms with van der Waals surface area (Å²) in [5.74, 6) is -4.12. The van der Waals surface area contributed by atoms with Gasteiger partial charge in [0.2, 0.25) is 5.91 Å². The summed E-state index contributed by atoms with van der Waals surface area (Å²) in [6.45, 7) is -0.937. The summed E-state index contributed by atoms with van der Waals surface area (Å²) in [5, 5.41) is 0. The number of benzene rings is 1. The van der Waals surface area contributed by atoms with Gasteiger partial charge in [0.15, 0.2) is 0 Å². The van der Waals surface area contributed by atoms with Crippen molar-refractivity contribution in [3.8, 4) is 0 Å². The molecule has 11 heteroatoms. The average molecular weight is 428 g/mol. The number of amides is 1.